The molecule has 1 atom stereocenters. The molecule has 2 aromatic carbocycles. The third-order valence-corrected chi connectivity index (χ3v) is 3.77. The molecule has 0 heterocycles. The molecule has 0 saturated carbocycles. The van der Waals surface area contributed by atoms with Crippen LogP contribution in [0.25, 0.3) is 0 Å². The maximum absolute atomic E-state index is 10.7. The Morgan fingerprint density at radius 3 is 2.60 bits per heavy atom. The molecule has 0 aliphatic carbocycles. The van der Waals surface area contributed by atoms with Crippen LogP contribution >= 0.6 is 11.6 Å². The summed E-state index contributed by atoms with van der Waals surface area (Å²) in [5, 5.41) is 11.3. The van der Waals surface area contributed by atoms with Crippen LogP contribution < -0.4 is 4.74 Å². The van der Waals surface area contributed by atoms with Crippen molar-refractivity contribution in [2.45, 2.75) is 26.9 Å². The molecule has 0 saturated heterocycles. The minimum Gasteiger partial charge on any atom is -0.493 e. The van der Waals surface area contributed by atoms with Crippen LogP contribution in [0, 0.1) is 13.8 Å². The number of rotatable bonds is 4. The van der Waals surface area contributed by atoms with Crippen LogP contribution in [0.4, 0.5) is 0 Å². The number of aliphatic hydroxyl groups excluding tert-OH is 1. The van der Waals surface area contributed by atoms with E-state index in [-0.39, 0.29) is 0 Å². The summed E-state index contributed by atoms with van der Waals surface area (Å²) in [4.78, 5) is 0. The third-order valence-electron chi connectivity index (χ3n) is 3.36. The summed E-state index contributed by atoms with van der Waals surface area (Å²) >= 11 is 6.14. The number of hydrogen-bond donors (Lipinski definition) is 1. The second-order valence-electron chi connectivity index (χ2n) is 4.83. The van der Waals surface area contributed by atoms with E-state index in [1.807, 2.05) is 57.2 Å². The predicted octanol–water partition coefficient (Wildman–Crippen LogP) is 4.44. The number of benzene rings is 2. The highest BCUT2D eigenvalue weighted by Crippen LogP contribution is 2.34. The maximum Gasteiger partial charge on any atom is 0.125 e. The highest BCUT2D eigenvalue weighted by molar-refractivity contribution is 6.31. The van der Waals surface area contributed by atoms with Gasteiger partial charge in [-0.05, 0) is 50.1 Å². The molecule has 2 rings (SSSR count). The van der Waals surface area contributed by atoms with Crippen LogP contribution in [0.15, 0.2) is 36.4 Å². The second kappa shape index (κ2) is 6.29. The molecule has 0 aromatic heterocycles. The van der Waals surface area contributed by atoms with E-state index in [2.05, 4.69) is 0 Å². The lowest BCUT2D eigenvalue weighted by Crippen LogP contribution is -2.06. The molecule has 0 aliphatic rings. The Morgan fingerprint density at radius 2 is 1.90 bits per heavy atom. The molecule has 2 aromatic rings. The zero-order valence-electron chi connectivity index (χ0n) is 12.0. The number of aryl methyl sites for hydroxylation is 1. The van der Waals surface area contributed by atoms with E-state index < -0.39 is 6.10 Å². The number of aliphatic hydroxyl groups is 1. The molecule has 0 fully saturated rings. The predicted molar refractivity (Wildman–Crippen MR) is 82.6 cm³/mol. The van der Waals surface area contributed by atoms with Crippen LogP contribution in [0.2, 0.25) is 5.02 Å². The first kappa shape index (κ1) is 14.9. The maximum atomic E-state index is 10.7. The van der Waals surface area contributed by atoms with E-state index >= 15 is 0 Å². The van der Waals surface area contributed by atoms with Crippen molar-refractivity contribution in [3.63, 3.8) is 0 Å². The fourth-order valence-electron chi connectivity index (χ4n) is 2.26. The summed E-state index contributed by atoms with van der Waals surface area (Å²) in [6, 6.07) is 11.4. The third kappa shape index (κ3) is 2.97. The van der Waals surface area contributed by atoms with Crippen LogP contribution in [-0.2, 0) is 0 Å². The Balaban J connectivity index is 2.49. The summed E-state index contributed by atoms with van der Waals surface area (Å²) < 4.78 is 5.61. The summed E-state index contributed by atoms with van der Waals surface area (Å²) in [5.41, 5.74) is 3.56. The highest BCUT2D eigenvalue weighted by atomic mass is 35.5. The van der Waals surface area contributed by atoms with Crippen LogP contribution in [0.5, 0.6) is 5.75 Å². The second-order valence-corrected chi connectivity index (χ2v) is 5.24. The topological polar surface area (TPSA) is 29.5 Å². The lowest BCUT2D eigenvalue weighted by Gasteiger charge is -2.19. The Labute approximate surface area is 125 Å². The number of halogens is 1. The van der Waals surface area contributed by atoms with Gasteiger partial charge in [-0.15, -0.1) is 0 Å². The number of hydrogen-bond acceptors (Lipinski definition) is 2. The molecule has 0 bridgehead atoms. The Bertz CT molecular complexity index is 608. The van der Waals surface area contributed by atoms with Gasteiger partial charge in [0.15, 0.2) is 0 Å². The van der Waals surface area contributed by atoms with Gasteiger partial charge in [-0.25, -0.2) is 0 Å². The molecule has 20 heavy (non-hydrogen) atoms. The van der Waals surface area contributed by atoms with E-state index in [4.69, 9.17) is 16.3 Å². The van der Waals surface area contributed by atoms with Crippen molar-refractivity contribution in [3.05, 3.63) is 63.7 Å². The minimum absolute atomic E-state index is 0.567. The lowest BCUT2D eigenvalue weighted by molar-refractivity contribution is 0.211. The SMILES string of the molecule is CCOc1ccc(C)cc1C(O)c1cccc(Cl)c1C. The van der Waals surface area contributed by atoms with Gasteiger partial charge in [0, 0.05) is 10.6 Å². The first-order valence-corrected chi connectivity index (χ1v) is 7.08. The lowest BCUT2D eigenvalue weighted by atomic mass is 9.95. The smallest absolute Gasteiger partial charge is 0.125 e. The summed E-state index contributed by atoms with van der Waals surface area (Å²) in [6.45, 7) is 6.41. The van der Waals surface area contributed by atoms with Crippen LogP contribution in [0.3, 0.4) is 0 Å². The molecule has 1 N–H and O–H groups in total. The van der Waals surface area contributed by atoms with Crippen molar-refractivity contribution < 1.29 is 9.84 Å². The molecular weight excluding hydrogens is 272 g/mol. The Hall–Kier alpha value is -1.51. The van der Waals surface area contributed by atoms with Gasteiger partial charge in [0.2, 0.25) is 0 Å². The van der Waals surface area contributed by atoms with Crippen LogP contribution in [0.1, 0.15) is 35.3 Å². The first-order chi connectivity index (χ1) is 9.54. The zero-order chi connectivity index (χ0) is 14.7. The molecule has 3 heteroatoms. The van der Waals surface area contributed by atoms with Gasteiger partial charge < -0.3 is 9.84 Å². The standard InChI is InChI=1S/C17H19ClO2/c1-4-20-16-9-8-11(2)10-14(16)17(19)13-6-5-7-15(18)12(13)3/h5-10,17,19H,4H2,1-3H3. The van der Waals surface area contributed by atoms with E-state index in [1.165, 1.54) is 0 Å². The normalized spacial score (nSPS) is 12.2. The van der Waals surface area contributed by atoms with Crippen molar-refractivity contribution in [1.29, 1.82) is 0 Å². The van der Waals surface area contributed by atoms with Gasteiger partial charge >= 0.3 is 0 Å². The summed E-state index contributed by atoms with van der Waals surface area (Å²) in [7, 11) is 0. The molecule has 0 aliphatic heterocycles. The molecule has 106 valence electrons. The van der Waals surface area contributed by atoms with E-state index in [1.54, 1.807) is 0 Å². The average Bonchev–Trinajstić information content (AvgIpc) is 2.43. The monoisotopic (exact) mass is 290 g/mol. The molecular formula is C17H19ClO2. The molecule has 0 spiro atoms. The molecule has 0 amide bonds. The summed E-state index contributed by atoms with van der Waals surface area (Å²) in [6.07, 6.45) is -0.741. The average molecular weight is 291 g/mol. The van der Waals surface area contributed by atoms with Gasteiger partial charge in [0.25, 0.3) is 0 Å². The van der Waals surface area contributed by atoms with Crippen LogP contribution in [-0.4, -0.2) is 11.7 Å². The van der Waals surface area contributed by atoms with Gasteiger partial charge in [-0.3, -0.25) is 0 Å². The highest BCUT2D eigenvalue weighted by Gasteiger charge is 2.18. The van der Waals surface area contributed by atoms with Gasteiger partial charge in [0.05, 0.1) is 6.61 Å². The van der Waals surface area contributed by atoms with Crippen molar-refractivity contribution in [2.75, 3.05) is 6.61 Å². The fourth-order valence-corrected chi connectivity index (χ4v) is 2.44. The van der Waals surface area contributed by atoms with Gasteiger partial charge in [-0.2, -0.15) is 0 Å². The van der Waals surface area contributed by atoms with E-state index in [0.717, 1.165) is 22.3 Å². The Kier molecular flexibility index (Phi) is 4.69. The van der Waals surface area contributed by atoms with Crippen molar-refractivity contribution in [2.24, 2.45) is 0 Å². The number of ether oxygens (including phenoxy) is 1. The quantitative estimate of drug-likeness (QED) is 0.902. The molecule has 0 radical (unpaired) electrons. The van der Waals surface area contributed by atoms with Crippen molar-refractivity contribution in [1.82, 2.24) is 0 Å². The van der Waals surface area contributed by atoms with Crippen molar-refractivity contribution >= 4 is 11.6 Å². The fraction of sp³-hybridized carbons (Fsp3) is 0.294. The van der Waals surface area contributed by atoms with Crippen molar-refractivity contribution in [3.8, 4) is 5.75 Å². The molecule has 1 unspecified atom stereocenters. The summed E-state index contributed by atoms with van der Waals surface area (Å²) in [5.74, 6) is 0.713. The first-order valence-electron chi connectivity index (χ1n) is 6.71. The van der Waals surface area contributed by atoms with Gasteiger partial charge in [0.1, 0.15) is 11.9 Å². The van der Waals surface area contributed by atoms with Gasteiger partial charge in [-0.1, -0.05) is 35.4 Å². The molecule has 2 nitrogen and oxygen atoms in total. The largest absolute Gasteiger partial charge is 0.493 e. The van der Waals surface area contributed by atoms with E-state index in [0.29, 0.717) is 17.4 Å². The van der Waals surface area contributed by atoms with E-state index in [9.17, 15) is 5.11 Å². The zero-order valence-corrected chi connectivity index (χ0v) is 12.7. The Morgan fingerprint density at radius 1 is 1.15 bits per heavy atom. The minimum atomic E-state index is -0.741.